The van der Waals surface area contributed by atoms with Crippen LogP contribution in [0.15, 0.2) is 24.3 Å². The molecule has 0 saturated heterocycles. The van der Waals surface area contributed by atoms with Crippen molar-refractivity contribution < 1.29 is 19.1 Å². The third-order valence-corrected chi connectivity index (χ3v) is 2.81. The van der Waals surface area contributed by atoms with E-state index in [1.165, 1.54) is 0 Å². The van der Waals surface area contributed by atoms with Crippen molar-refractivity contribution >= 4 is 12.1 Å². The van der Waals surface area contributed by atoms with Crippen LogP contribution in [0.4, 0.5) is 9.59 Å². The molecule has 1 aromatic rings. The largest absolute Gasteiger partial charge is 0.497 e. The van der Waals surface area contributed by atoms with Crippen LogP contribution in [-0.4, -0.2) is 45.5 Å². The number of methoxy groups -OCH3 is 1. The lowest BCUT2D eigenvalue weighted by atomic mass is 10.1. The molecule has 22 heavy (non-hydrogen) atoms. The van der Waals surface area contributed by atoms with Crippen molar-refractivity contribution in [3.05, 3.63) is 29.8 Å². The third kappa shape index (κ3) is 7.37. The number of ether oxygens (including phenoxy) is 2. The van der Waals surface area contributed by atoms with Crippen LogP contribution in [0.3, 0.4) is 0 Å². The molecule has 0 unspecified atom stereocenters. The standard InChI is InChI=1S/C15H23N3O4/c1-3-22-15(20)18-11-10-17-14(19)16-9-8-12-4-6-13(21-2)7-5-12/h4-7H,3,8-11H2,1-2H3,(H,18,20)(H2,16,17,19). The van der Waals surface area contributed by atoms with Crippen LogP contribution in [0.25, 0.3) is 0 Å². The van der Waals surface area contributed by atoms with E-state index < -0.39 is 6.09 Å². The van der Waals surface area contributed by atoms with E-state index in [0.717, 1.165) is 17.7 Å². The van der Waals surface area contributed by atoms with E-state index in [0.29, 0.717) is 26.2 Å². The fourth-order valence-corrected chi connectivity index (χ4v) is 1.70. The van der Waals surface area contributed by atoms with Gasteiger partial charge < -0.3 is 25.4 Å². The van der Waals surface area contributed by atoms with Gasteiger partial charge in [0.05, 0.1) is 13.7 Å². The molecule has 0 spiro atoms. The van der Waals surface area contributed by atoms with E-state index in [1.807, 2.05) is 24.3 Å². The van der Waals surface area contributed by atoms with Gasteiger partial charge in [0, 0.05) is 19.6 Å². The van der Waals surface area contributed by atoms with Gasteiger partial charge in [-0.15, -0.1) is 0 Å². The van der Waals surface area contributed by atoms with Crippen LogP contribution in [0.5, 0.6) is 5.75 Å². The summed E-state index contributed by atoms with van der Waals surface area (Å²) in [7, 11) is 1.62. The van der Waals surface area contributed by atoms with Gasteiger partial charge in [-0.1, -0.05) is 12.1 Å². The molecule has 0 aliphatic carbocycles. The molecule has 1 rings (SSSR count). The maximum atomic E-state index is 11.5. The Labute approximate surface area is 130 Å². The second-order valence-corrected chi connectivity index (χ2v) is 4.43. The third-order valence-electron chi connectivity index (χ3n) is 2.81. The number of nitrogens with one attached hydrogen (secondary N) is 3. The zero-order chi connectivity index (χ0) is 16.2. The number of hydrogen-bond acceptors (Lipinski definition) is 4. The van der Waals surface area contributed by atoms with Crippen molar-refractivity contribution in [3.8, 4) is 5.75 Å². The van der Waals surface area contributed by atoms with Gasteiger partial charge in [0.1, 0.15) is 5.75 Å². The number of rotatable bonds is 8. The minimum Gasteiger partial charge on any atom is -0.497 e. The van der Waals surface area contributed by atoms with Gasteiger partial charge in [-0.05, 0) is 31.0 Å². The zero-order valence-corrected chi connectivity index (χ0v) is 13.0. The molecule has 0 radical (unpaired) electrons. The Morgan fingerprint density at radius 2 is 1.64 bits per heavy atom. The Bertz CT molecular complexity index is 462. The first-order valence-corrected chi connectivity index (χ1v) is 7.21. The van der Waals surface area contributed by atoms with Crippen molar-refractivity contribution in [2.24, 2.45) is 0 Å². The number of benzene rings is 1. The summed E-state index contributed by atoms with van der Waals surface area (Å²) in [4.78, 5) is 22.5. The zero-order valence-electron chi connectivity index (χ0n) is 13.0. The van der Waals surface area contributed by atoms with E-state index in [2.05, 4.69) is 16.0 Å². The number of amides is 3. The van der Waals surface area contributed by atoms with Crippen LogP contribution < -0.4 is 20.7 Å². The van der Waals surface area contributed by atoms with Gasteiger partial charge >= 0.3 is 12.1 Å². The molecule has 0 heterocycles. The first-order valence-electron chi connectivity index (χ1n) is 7.21. The highest BCUT2D eigenvalue weighted by atomic mass is 16.5. The Morgan fingerprint density at radius 3 is 2.27 bits per heavy atom. The van der Waals surface area contributed by atoms with Gasteiger partial charge in [-0.25, -0.2) is 9.59 Å². The van der Waals surface area contributed by atoms with Gasteiger partial charge in [-0.2, -0.15) is 0 Å². The van der Waals surface area contributed by atoms with Crippen molar-refractivity contribution in [2.75, 3.05) is 33.4 Å². The first-order chi connectivity index (χ1) is 10.7. The lowest BCUT2D eigenvalue weighted by Crippen LogP contribution is -2.41. The summed E-state index contributed by atoms with van der Waals surface area (Å²) >= 11 is 0. The highest BCUT2D eigenvalue weighted by molar-refractivity contribution is 5.74. The Morgan fingerprint density at radius 1 is 1.00 bits per heavy atom. The van der Waals surface area contributed by atoms with Crippen LogP contribution in [0.2, 0.25) is 0 Å². The molecule has 3 N–H and O–H groups in total. The molecule has 0 aliphatic heterocycles. The monoisotopic (exact) mass is 309 g/mol. The second-order valence-electron chi connectivity index (χ2n) is 4.43. The summed E-state index contributed by atoms with van der Waals surface area (Å²) in [5.74, 6) is 0.809. The molecule has 0 bridgehead atoms. The molecule has 1 aromatic carbocycles. The van der Waals surface area contributed by atoms with Crippen molar-refractivity contribution in [1.29, 1.82) is 0 Å². The highest BCUT2D eigenvalue weighted by Gasteiger charge is 2.02. The van der Waals surface area contributed by atoms with Crippen molar-refractivity contribution in [1.82, 2.24) is 16.0 Å². The van der Waals surface area contributed by atoms with E-state index in [4.69, 9.17) is 9.47 Å². The van der Waals surface area contributed by atoms with E-state index in [-0.39, 0.29) is 6.03 Å². The minimum absolute atomic E-state index is 0.265. The van der Waals surface area contributed by atoms with Crippen LogP contribution in [0.1, 0.15) is 12.5 Å². The van der Waals surface area contributed by atoms with Crippen molar-refractivity contribution in [3.63, 3.8) is 0 Å². The Kier molecular flexibility index (Phi) is 8.25. The Hall–Kier alpha value is -2.44. The molecule has 0 atom stereocenters. The Balaban J connectivity index is 2.09. The summed E-state index contributed by atoms with van der Waals surface area (Å²) in [6, 6.07) is 7.43. The number of hydrogen-bond donors (Lipinski definition) is 3. The predicted octanol–water partition coefficient (Wildman–Crippen LogP) is 1.28. The van der Waals surface area contributed by atoms with Gasteiger partial charge in [0.25, 0.3) is 0 Å². The number of carbonyl (C=O) groups excluding carboxylic acids is 2. The van der Waals surface area contributed by atoms with Gasteiger partial charge in [0.15, 0.2) is 0 Å². The van der Waals surface area contributed by atoms with Gasteiger partial charge in [0.2, 0.25) is 0 Å². The lowest BCUT2D eigenvalue weighted by Gasteiger charge is -2.09. The van der Waals surface area contributed by atoms with E-state index >= 15 is 0 Å². The molecule has 122 valence electrons. The lowest BCUT2D eigenvalue weighted by molar-refractivity contribution is 0.152. The average Bonchev–Trinajstić information content (AvgIpc) is 2.52. The molecule has 0 saturated carbocycles. The molecular formula is C15H23N3O4. The van der Waals surface area contributed by atoms with Crippen LogP contribution in [0, 0.1) is 0 Å². The molecule has 7 heteroatoms. The summed E-state index contributed by atoms with van der Waals surface area (Å²) in [5.41, 5.74) is 1.12. The van der Waals surface area contributed by atoms with Gasteiger partial charge in [-0.3, -0.25) is 0 Å². The predicted molar refractivity (Wildman–Crippen MR) is 83.1 cm³/mol. The minimum atomic E-state index is -0.482. The van der Waals surface area contributed by atoms with Crippen LogP contribution >= 0.6 is 0 Å². The highest BCUT2D eigenvalue weighted by Crippen LogP contribution is 2.11. The molecule has 7 nitrogen and oxygen atoms in total. The normalized spacial score (nSPS) is 9.73. The maximum Gasteiger partial charge on any atom is 0.407 e. The second kappa shape index (κ2) is 10.3. The van der Waals surface area contributed by atoms with E-state index in [1.54, 1.807) is 14.0 Å². The maximum absolute atomic E-state index is 11.5. The first kappa shape index (κ1) is 17.6. The van der Waals surface area contributed by atoms with Crippen LogP contribution in [-0.2, 0) is 11.2 Å². The summed E-state index contributed by atoms with van der Waals surface area (Å²) in [5, 5.41) is 7.91. The fourth-order valence-electron chi connectivity index (χ4n) is 1.70. The quantitative estimate of drug-likeness (QED) is 0.631. The molecule has 0 fully saturated rings. The van der Waals surface area contributed by atoms with E-state index in [9.17, 15) is 9.59 Å². The number of alkyl carbamates (subject to hydrolysis) is 1. The smallest absolute Gasteiger partial charge is 0.407 e. The SMILES string of the molecule is CCOC(=O)NCCNC(=O)NCCc1ccc(OC)cc1. The number of urea groups is 1. The molecular weight excluding hydrogens is 286 g/mol. The fraction of sp³-hybridized carbons (Fsp3) is 0.467. The topological polar surface area (TPSA) is 88.7 Å². The molecule has 0 aromatic heterocycles. The summed E-state index contributed by atoms with van der Waals surface area (Å²) in [6.45, 7) is 3.25. The summed E-state index contributed by atoms with van der Waals surface area (Å²) in [6.07, 6.45) is 0.252. The van der Waals surface area contributed by atoms with Crippen molar-refractivity contribution in [2.45, 2.75) is 13.3 Å². The molecule has 3 amide bonds. The number of carbonyl (C=O) groups is 2. The average molecular weight is 309 g/mol. The summed E-state index contributed by atoms with van der Waals surface area (Å²) < 4.78 is 9.77. The molecule has 0 aliphatic rings.